The van der Waals surface area contributed by atoms with Crippen molar-refractivity contribution in [3.63, 3.8) is 0 Å². The fourth-order valence-electron chi connectivity index (χ4n) is 2.33. The summed E-state index contributed by atoms with van der Waals surface area (Å²) >= 11 is 0. The molecule has 132 valence electrons. The van der Waals surface area contributed by atoms with E-state index in [2.05, 4.69) is 47.4 Å². The Balaban J connectivity index is 1.48. The molecule has 0 fully saturated rings. The van der Waals surface area contributed by atoms with E-state index in [1.165, 1.54) is 6.42 Å². The van der Waals surface area contributed by atoms with Crippen LogP contribution in [0, 0.1) is 47.4 Å². The monoisotopic (exact) mass is 348 g/mol. The van der Waals surface area contributed by atoms with Gasteiger partial charge in [0.25, 0.3) is 0 Å². The molecule has 0 heteroatoms. The SMILES string of the molecule is C(#CCCCCCC#CCC#Cc1ccccc1)CC#Cc1ccccc1. The molecule has 0 aliphatic carbocycles. The van der Waals surface area contributed by atoms with Gasteiger partial charge < -0.3 is 0 Å². The highest BCUT2D eigenvalue weighted by Gasteiger charge is 1.85. The number of hydrogen-bond acceptors (Lipinski definition) is 0. The molecule has 2 aromatic rings. The smallest absolute Gasteiger partial charge is 0.0706 e. The predicted octanol–water partition coefficient (Wildman–Crippen LogP) is 5.83. The lowest BCUT2D eigenvalue weighted by molar-refractivity contribution is 0.708. The lowest BCUT2D eigenvalue weighted by Gasteiger charge is -1.91. The Labute approximate surface area is 164 Å². The summed E-state index contributed by atoms with van der Waals surface area (Å²) < 4.78 is 0. The molecule has 0 aliphatic heterocycles. The van der Waals surface area contributed by atoms with Crippen LogP contribution in [0.4, 0.5) is 0 Å². The predicted molar refractivity (Wildman–Crippen MR) is 115 cm³/mol. The van der Waals surface area contributed by atoms with Crippen LogP contribution in [0.1, 0.15) is 56.1 Å². The molecule has 0 radical (unpaired) electrons. The van der Waals surface area contributed by atoms with Gasteiger partial charge in [-0.2, -0.15) is 0 Å². The molecule has 0 atom stereocenters. The third-order valence-corrected chi connectivity index (χ3v) is 3.72. The molecule has 0 saturated carbocycles. The highest BCUT2D eigenvalue weighted by atomic mass is 13.9. The van der Waals surface area contributed by atoms with E-state index in [1.807, 2.05) is 60.7 Å². The van der Waals surface area contributed by atoms with E-state index in [4.69, 9.17) is 0 Å². The molecule has 0 aliphatic rings. The summed E-state index contributed by atoms with van der Waals surface area (Å²) in [6.45, 7) is 0. The largest absolute Gasteiger partial charge is 0.102 e. The summed E-state index contributed by atoms with van der Waals surface area (Å²) in [5.74, 6) is 25.1. The average Bonchev–Trinajstić information content (AvgIpc) is 2.72. The van der Waals surface area contributed by atoms with Gasteiger partial charge in [0.1, 0.15) is 0 Å². The van der Waals surface area contributed by atoms with Gasteiger partial charge in [-0.05, 0) is 37.1 Å². The molecule has 0 saturated heterocycles. The molecule has 27 heavy (non-hydrogen) atoms. The van der Waals surface area contributed by atoms with Crippen molar-refractivity contribution in [1.29, 1.82) is 0 Å². The Morgan fingerprint density at radius 3 is 1.33 bits per heavy atom. The summed E-state index contributed by atoms with van der Waals surface area (Å²) in [6, 6.07) is 20.0. The molecule has 0 heterocycles. The molecular formula is C27H24. The van der Waals surface area contributed by atoms with E-state index in [0.717, 1.165) is 36.8 Å². The second kappa shape index (κ2) is 13.9. The average molecular weight is 348 g/mol. The maximum absolute atomic E-state index is 3.20. The topological polar surface area (TPSA) is 0 Å². The minimum Gasteiger partial charge on any atom is -0.102 e. The lowest BCUT2D eigenvalue weighted by atomic mass is 10.1. The summed E-state index contributed by atoms with van der Waals surface area (Å²) in [6.07, 6.45) is 6.62. The van der Waals surface area contributed by atoms with Crippen molar-refractivity contribution in [1.82, 2.24) is 0 Å². The van der Waals surface area contributed by atoms with E-state index in [-0.39, 0.29) is 0 Å². The van der Waals surface area contributed by atoms with E-state index in [1.54, 1.807) is 0 Å². The minimum atomic E-state index is 0.643. The van der Waals surface area contributed by atoms with Crippen LogP contribution in [0.3, 0.4) is 0 Å². The normalized spacial score (nSPS) is 8.59. The number of unbranched alkanes of at least 4 members (excludes halogenated alkanes) is 4. The fourth-order valence-corrected chi connectivity index (χ4v) is 2.33. The van der Waals surface area contributed by atoms with Crippen molar-refractivity contribution in [2.24, 2.45) is 0 Å². The summed E-state index contributed by atoms with van der Waals surface area (Å²) in [5.41, 5.74) is 2.10. The van der Waals surface area contributed by atoms with E-state index < -0.39 is 0 Å². The summed E-state index contributed by atoms with van der Waals surface area (Å²) in [4.78, 5) is 0. The third kappa shape index (κ3) is 10.3. The van der Waals surface area contributed by atoms with Crippen LogP contribution >= 0.6 is 0 Å². The van der Waals surface area contributed by atoms with Crippen LogP contribution in [0.25, 0.3) is 0 Å². The maximum atomic E-state index is 3.20. The van der Waals surface area contributed by atoms with Gasteiger partial charge in [0, 0.05) is 24.0 Å². The molecule has 2 rings (SSSR count). The van der Waals surface area contributed by atoms with Crippen LogP contribution in [-0.4, -0.2) is 0 Å². The van der Waals surface area contributed by atoms with Gasteiger partial charge in [-0.15, -0.1) is 11.8 Å². The number of rotatable bonds is 4. The Bertz CT molecular complexity index is 825. The first-order valence-corrected chi connectivity index (χ1v) is 9.44. The summed E-state index contributed by atoms with van der Waals surface area (Å²) in [5, 5.41) is 0. The number of hydrogen-bond donors (Lipinski definition) is 0. The molecule has 0 nitrogen and oxygen atoms in total. The second-order valence-electron chi connectivity index (χ2n) is 5.96. The molecular weight excluding hydrogens is 324 g/mol. The van der Waals surface area contributed by atoms with Gasteiger partial charge >= 0.3 is 0 Å². The van der Waals surface area contributed by atoms with Crippen LogP contribution in [0.15, 0.2) is 60.7 Å². The maximum Gasteiger partial charge on any atom is 0.0706 e. The van der Waals surface area contributed by atoms with E-state index >= 15 is 0 Å². The minimum absolute atomic E-state index is 0.643. The van der Waals surface area contributed by atoms with Crippen molar-refractivity contribution in [3.05, 3.63) is 71.8 Å². The lowest BCUT2D eigenvalue weighted by Crippen LogP contribution is -1.76. The zero-order valence-corrected chi connectivity index (χ0v) is 15.7. The zero-order chi connectivity index (χ0) is 18.8. The third-order valence-electron chi connectivity index (χ3n) is 3.72. The molecule has 0 aromatic heterocycles. The van der Waals surface area contributed by atoms with Crippen LogP contribution in [0.5, 0.6) is 0 Å². The Kier molecular flexibility index (Phi) is 10.3. The second-order valence-corrected chi connectivity index (χ2v) is 5.96. The highest BCUT2D eigenvalue weighted by molar-refractivity contribution is 5.35. The van der Waals surface area contributed by atoms with E-state index in [9.17, 15) is 0 Å². The highest BCUT2D eigenvalue weighted by Crippen LogP contribution is 2.01. The van der Waals surface area contributed by atoms with Crippen molar-refractivity contribution in [2.75, 3.05) is 0 Å². The molecule has 0 unspecified atom stereocenters. The van der Waals surface area contributed by atoms with Gasteiger partial charge in [-0.1, -0.05) is 78.3 Å². The first-order chi connectivity index (χ1) is 13.4. The molecule has 0 N–H and O–H groups in total. The first-order valence-electron chi connectivity index (χ1n) is 9.44. The van der Waals surface area contributed by atoms with Gasteiger partial charge in [-0.3, -0.25) is 0 Å². The van der Waals surface area contributed by atoms with Crippen molar-refractivity contribution >= 4 is 0 Å². The Morgan fingerprint density at radius 2 is 0.889 bits per heavy atom. The number of benzene rings is 2. The molecule has 0 amide bonds. The van der Waals surface area contributed by atoms with E-state index in [0.29, 0.717) is 12.8 Å². The zero-order valence-electron chi connectivity index (χ0n) is 15.7. The van der Waals surface area contributed by atoms with Crippen molar-refractivity contribution in [3.8, 4) is 47.4 Å². The van der Waals surface area contributed by atoms with Gasteiger partial charge in [0.15, 0.2) is 0 Å². The van der Waals surface area contributed by atoms with Crippen LogP contribution < -0.4 is 0 Å². The fraction of sp³-hybridized carbons (Fsp3) is 0.259. The van der Waals surface area contributed by atoms with Gasteiger partial charge in [-0.25, -0.2) is 0 Å². The van der Waals surface area contributed by atoms with Gasteiger partial charge in [0.2, 0.25) is 0 Å². The molecule has 0 spiro atoms. The van der Waals surface area contributed by atoms with Crippen LogP contribution in [-0.2, 0) is 0 Å². The summed E-state index contributed by atoms with van der Waals surface area (Å²) in [7, 11) is 0. The molecule has 2 aromatic carbocycles. The van der Waals surface area contributed by atoms with Crippen LogP contribution in [0.2, 0.25) is 0 Å². The quantitative estimate of drug-likeness (QED) is 0.482. The first kappa shape index (κ1) is 20.0. The van der Waals surface area contributed by atoms with Crippen molar-refractivity contribution < 1.29 is 0 Å². The van der Waals surface area contributed by atoms with Gasteiger partial charge in [0.05, 0.1) is 12.8 Å². The Hall–Kier alpha value is -3.32. The van der Waals surface area contributed by atoms with Crippen molar-refractivity contribution in [2.45, 2.75) is 44.9 Å². The molecule has 0 bridgehead atoms. The Morgan fingerprint density at radius 1 is 0.444 bits per heavy atom. The standard InChI is InChI=1S/C27H24/c1(2-4-6-8-10-14-20-26-22-16-12-17-23-26)3-5-7-9-11-15-21-27-24-18-13-19-25-27/h12-13,16-19,22-25H,1-5,10-11H2.